The molecule has 0 saturated heterocycles. The third-order valence-electron chi connectivity index (χ3n) is 4.05. The summed E-state index contributed by atoms with van der Waals surface area (Å²) in [6, 6.07) is 28.7. The van der Waals surface area contributed by atoms with Gasteiger partial charge in [0.2, 0.25) is 0 Å². The molecule has 0 unspecified atom stereocenters. The molecule has 0 radical (unpaired) electrons. The molecule has 0 N–H and O–H groups in total. The Kier molecular flexibility index (Phi) is 6.02. The van der Waals surface area contributed by atoms with Gasteiger partial charge in [-0.25, -0.2) is 0 Å². The fourth-order valence-electron chi connectivity index (χ4n) is 2.64. The minimum atomic E-state index is -0.230. The van der Waals surface area contributed by atoms with Crippen molar-refractivity contribution >= 4 is 5.91 Å². The molecule has 0 bridgehead atoms. The lowest BCUT2D eigenvalue weighted by atomic mass is 10.1. The lowest BCUT2D eigenvalue weighted by Crippen LogP contribution is -2.28. The van der Waals surface area contributed by atoms with E-state index in [0.29, 0.717) is 24.2 Å². The van der Waals surface area contributed by atoms with Gasteiger partial charge < -0.3 is 4.90 Å². The highest BCUT2D eigenvalue weighted by molar-refractivity contribution is 5.94. The molecule has 0 spiro atoms. The largest absolute Gasteiger partial charge is 0.323 e. The molecule has 130 valence electrons. The number of carbonyl (C=O) groups is 1. The van der Waals surface area contributed by atoms with Crippen LogP contribution in [0, 0.1) is 23.2 Å². The second-order valence-corrected chi connectivity index (χ2v) is 6.07. The number of hydrogen-bond donors (Lipinski definition) is 0. The monoisotopic (exact) mass is 350 g/mol. The Morgan fingerprint density at radius 1 is 0.741 bits per heavy atom. The van der Waals surface area contributed by atoms with Gasteiger partial charge in [0.25, 0.3) is 5.91 Å². The minimum Gasteiger partial charge on any atom is -0.323 e. The maximum atomic E-state index is 12.7. The summed E-state index contributed by atoms with van der Waals surface area (Å²) in [6.07, 6.45) is 0. The average molecular weight is 350 g/mol. The van der Waals surface area contributed by atoms with Crippen molar-refractivity contribution in [3.63, 3.8) is 0 Å². The van der Waals surface area contributed by atoms with Crippen LogP contribution < -0.4 is 0 Å². The smallest absolute Gasteiger partial charge is 0.299 e. The van der Waals surface area contributed by atoms with Crippen LogP contribution in [-0.2, 0) is 17.9 Å². The van der Waals surface area contributed by atoms with Crippen LogP contribution in [-0.4, -0.2) is 10.8 Å². The lowest BCUT2D eigenvalue weighted by molar-refractivity contribution is -0.126. The molecule has 0 fully saturated rings. The Morgan fingerprint density at radius 2 is 1.22 bits per heavy atom. The standard InChI is InChI=1S/C24H18N2O/c25-17-21-13-11-20(12-14-21)15-16-24(27)26(18-22-7-3-1-4-8-22)19-23-9-5-2-6-10-23/h1-14H,18-19H2. The molecule has 3 aromatic rings. The molecular weight excluding hydrogens is 332 g/mol. The zero-order valence-electron chi connectivity index (χ0n) is 14.8. The fraction of sp³-hybridized carbons (Fsp3) is 0.0833. The van der Waals surface area contributed by atoms with E-state index in [0.717, 1.165) is 11.1 Å². The number of nitriles is 1. The van der Waals surface area contributed by atoms with Gasteiger partial charge in [0.1, 0.15) is 0 Å². The summed E-state index contributed by atoms with van der Waals surface area (Å²) >= 11 is 0. The Hall–Kier alpha value is -3.82. The third-order valence-corrected chi connectivity index (χ3v) is 4.05. The normalized spacial score (nSPS) is 9.59. The van der Waals surface area contributed by atoms with Crippen LogP contribution in [0.2, 0.25) is 0 Å². The van der Waals surface area contributed by atoms with Gasteiger partial charge in [0, 0.05) is 24.6 Å². The molecule has 3 rings (SSSR count). The molecule has 27 heavy (non-hydrogen) atoms. The van der Waals surface area contributed by atoms with Crippen molar-refractivity contribution in [2.75, 3.05) is 0 Å². The summed E-state index contributed by atoms with van der Waals surface area (Å²) in [5.74, 6) is 5.40. The van der Waals surface area contributed by atoms with Crippen LogP contribution in [0.25, 0.3) is 0 Å². The molecule has 3 heteroatoms. The summed E-state index contributed by atoms with van der Waals surface area (Å²) in [6.45, 7) is 0.993. The number of rotatable bonds is 4. The highest BCUT2D eigenvalue weighted by Crippen LogP contribution is 2.10. The molecule has 0 aliphatic rings. The SMILES string of the molecule is N#Cc1ccc(C#CC(=O)N(Cc2ccccc2)Cc2ccccc2)cc1. The van der Waals surface area contributed by atoms with E-state index in [-0.39, 0.29) is 5.91 Å². The van der Waals surface area contributed by atoms with Gasteiger partial charge >= 0.3 is 0 Å². The van der Waals surface area contributed by atoms with Gasteiger partial charge in [-0.15, -0.1) is 0 Å². The highest BCUT2D eigenvalue weighted by atomic mass is 16.2. The van der Waals surface area contributed by atoms with E-state index < -0.39 is 0 Å². The van der Waals surface area contributed by atoms with Gasteiger partial charge in [0.05, 0.1) is 11.6 Å². The van der Waals surface area contributed by atoms with Crippen molar-refractivity contribution in [3.8, 4) is 17.9 Å². The minimum absolute atomic E-state index is 0.230. The Bertz CT molecular complexity index is 950. The molecule has 0 heterocycles. The van der Waals surface area contributed by atoms with Crippen molar-refractivity contribution < 1.29 is 4.79 Å². The third kappa shape index (κ3) is 5.33. The van der Waals surface area contributed by atoms with Crippen molar-refractivity contribution in [2.24, 2.45) is 0 Å². The lowest BCUT2D eigenvalue weighted by Gasteiger charge is -2.20. The summed E-state index contributed by atoms with van der Waals surface area (Å²) in [5, 5.41) is 8.85. The van der Waals surface area contributed by atoms with Crippen molar-refractivity contribution in [1.29, 1.82) is 5.26 Å². The molecule has 1 amide bonds. The second kappa shape index (κ2) is 9.04. The van der Waals surface area contributed by atoms with E-state index in [1.54, 1.807) is 29.2 Å². The summed E-state index contributed by atoms with van der Waals surface area (Å²) in [4.78, 5) is 14.5. The topological polar surface area (TPSA) is 44.1 Å². The van der Waals surface area contributed by atoms with Gasteiger partial charge in [-0.05, 0) is 35.4 Å². The van der Waals surface area contributed by atoms with E-state index in [2.05, 4.69) is 17.9 Å². The van der Waals surface area contributed by atoms with Gasteiger partial charge in [-0.2, -0.15) is 5.26 Å². The first kappa shape index (κ1) is 18.0. The predicted molar refractivity (Wildman–Crippen MR) is 105 cm³/mol. The van der Waals surface area contributed by atoms with E-state index in [9.17, 15) is 4.79 Å². The zero-order valence-corrected chi connectivity index (χ0v) is 14.8. The fourth-order valence-corrected chi connectivity index (χ4v) is 2.64. The Labute approximate surface area is 159 Å². The maximum absolute atomic E-state index is 12.7. The van der Waals surface area contributed by atoms with Crippen molar-refractivity contribution in [2.45, 2.75) is 13.1 Å². The molecule has 0 aliphatic heterocycles. The van der Waals surface area contributed by atoms with Gasteiger partial charge in [-0.3, -0.25) is 4.79 Å². The first-order chi connectivity index (χ1) is 13.2. The Morgan fingerprint density at radius 3 is 1.70 bits per heavy atom. The number of hydrogen-bond acceptors (Lipinski definition) is 2. The number of nitrogens with zero attached hydrogens (tertiary/aromatic N) is 2. The molecule has 0 aliphatic carbocycles. The molecular formula is C24H18N2O. The molecule has 3 nitrogen and oxygen atoms in total. The van der Waals surface area contributed by atoms with Crippen LogP contribution in [0.5, 0.6) is 0 Å². The van der Waals surface area contributed by atoms with Crippen LogP contribution in [0.3, 0.4) is 0 Å². The number of amides is 1. The summed E-state index contributed by atoms with van der Waals surface area (Å²) < 4.78 is 0. The van der Waals surface area contributed by atoms with E-state index in [1.165, 1.54) is 0 Å². The quantitative estimate of drug-likeness (QED) is 0.664. The van der Waals surface area contributed by atoms with E-state index in [1.807, 2.05) is 60.7 Å². The molecule has 0 atom stereocenters. The Balaban J connectivity index is 1.79. The predicted octanol–water partition coefficient (Wildman–Crippen LogP) is 4.14. The highest BCUT2D eigenvalue weighted by Gasteiger charge is 2.12. The van der Waals surface area contributed by atoms with Gasteiger partial charge in [-0.1, -0.05) is 66.6 Å². The number of carbonyl (C=O) groups excluding carboxylic acids is 1. The average Bonchev–Trinajstić information content (AvgIpc) is 2.73. The molecule has 0 aromatic heterocycles. The van der Waals surface area contributed by atoms with Crippen LogP contribution in [0.1, 0.15) is 22.3 Å². The first-order valence-corrected chi connectivity index (χ1v) is 8.63. The van der Waals surface area contributed by atoms with Gasteiger partial charge in [0.15, 0.2) is 0 Å². The summed E-state index contributed by atoms with van der Waals surface area (Å²) in [5.41, 5.74) is 3.40. The van der Waals surface area contributed by atoms with Crippen molar-refractivity contribution in [1.82, 2.24) is 4.90 Å². The van der Waals surface area contributed by atoms with Crippen molar-refractivity contribution in [3.05, 3.63) is 107 Å². The second-order valence-electron chi connectivity index (χ2n) is 6.07. The molecule has 0 saturated carbocycles. The maximum Gasteiger partial charge on any atom is 0.299 e. The number of benzene rings is 3. The van der Waals surface area contributed by atoms with E-state index in [4.69, 9.17) is 5.26 Å². The van der Waals surface area contributed by atoms with Crippen LogP contribution >= 0.6 is 0 Å². The van der Waals surface area contributed by atoms with Crippen LogP contribution in [0.4, 0.5) is 0 Å². The first-order valence-electron chi connectivity index (χ1n) is 8.63. The summed E-state index contributed by atoms with van der Waals surface area (Å²) in [7, 11) is 0. The van der Waals surface area contributed by atoms with E-state index >= 15 is 0 Å². The molecule has 3 aromatic carbocycles. The van der Waals surface area contributed by atoms with Crippen LogP contribution in [0.15, 0.2) is 84.9 Å². The zero-order chi connectivity index (χ0) is 18.9.